The molecule has 1 amide bonds. The number of nitrogens with zero attached hydrogens (tertiary/aromatic N) is 2. The summed E-state index contributed by atoms with van der Waals surface area (Å²) in [6, 6.07) is 15.2. The average molecular weight is 362 g/mol. The molecule has 0 bridgehead atoms. The van der Waals surface area contributed by atoms with Crippen LogP contribution in [0.5, 0.6) is 5.75 Å². The van der Waals surface area contributed by atoms with Crippen LogP contribution in [0.1, 0.15) is 28.5 Å². The van der Waals surface area contributed by atoms with Crippen molar-refractivity contribution in [3.63, 3.8) is 0 Å². The summed E-state index contributed by atoms with van der Waals surface area (Å²) in [7, 11) is 1.57. The van der Waals surface area contributed by atoms with Gasteiger partial charge in [-0.15, -0.1) is 0 Å². The molecule has 0 saturated heterocycles. The normalized spacial score (nSPS) is 10.3. The van der Waals surface area contributed by atoms with E-state index >= 15 is 0 Å². The number of rotatable bonds is 6. The summed E-state index contributed by atoms with van der Waals surface area (Å²) < 4.78 is 5.31. The minimum Gasteiger partial charge on any atom is -0.495 e. The Balaban J connectivity index is 1.81. The van der Waals surface area contributed by atoms with E-state index < -0.39 is 0 Å². The maximum absolute atomic E-state index is 12.6. The molecule has 3 rings (SSSR count). The SMILES string of the molecule is CCc1ccccc1Nc1cc(C(=O)Nc2cc(C)ccc2OC)ncn1. The highest BCUT2D eigenvalue weighted by Crippen LogP contribution is 2.26. The van der Waals surface area contributed by atoms with Crippen molar-refractivity contribution in [2.45, 2.75) is 20.3 Å². The van der Waals surface area contributed by atoms with E-state index in [2.05, 4.69) is 33.6 Å². The van der Waals surface area contributed by atoms with Gasteiger partial charge in [0.15, 0.2) is 0 Å². The van der Waals surface area contributed by atoms with Gasteiger partial charge in [-0.25, -0.2) is 9.97 Å². The predicted molar refractivity (Wildman–Crippen MR) is 107 cm³/mol. The van der Waals surface area contributed by atoms with Gasteiger partial charge in [0.25, 0.3) is 5.91 Å². The van der Waals surface area contributed by atoms with Crippen molar-refractivity contribution in [3.05, 3.63) is 71.7 Å². The van der Waals surface area contributed by atoms with E-state index in [9.17, 15) is 4.79 Å². The third kappa shape index (κ3) is 4.41. The summed E-state index contributed by atoms with van der Waals surface area (Å²) >= 11 is 0. The largest absolute Gasteiger partial charge is 0.495 e. The minimum atomic E-state index is -0.326. The molecule has 138 valence electrons. The van der Waals surface area contributed by atoms with Gasteiger partial charge in [0.1, 0.15) is 23.6 Å². The first-order valence-corrected chi connectivity index (χ1v) is 8.73. The Morgan fingerprint density at radius 3 is 2.67 bits per heavy atom. The number of amides is 1. The summed E-state index contributed by atoms with van der Waals surface area (Å²) in [5, 5.41) is 6.11. The third-order valence-electron chi connectivity index (χ3n) is 4.16. The number of nitrogens with one attached hydrogen (secondary N) is 2. The standard InChI is InChI=1S/C21H22N4O2/c1-4-15-7-5-6-8-16(15)24-20-12-18(22-13-23-20)21(26)25-17-11-14(2)9-10-19(17)27-3/h5-13H,4H2,1-3H3,(H,25,26)(H,22,23,24). The molecule has 0 aliphatic rings. The molecule has 2 N–H and O–H groups in total. The second-order valence-electron chi connectivity index (χ2n) is 6.08. The average Bonchev–Trinajstić information content (AvgIpc) is 2.69. The van der Waals surface area contributed by atoms with E-state index in [1.807, 2.05) is 43.3 Å². The zero-order valence-corrected chi connectivity index (χ0v) is 15.6. The van der Waals surface area contributed by atoms with E-state index in [0.29, 0.717) is 17.3 Å². The van der Waals surface area contributed by atoms with Crippen molar-refractivity contribution in [3.8, 4) is 5.75 Å². The molecule has 0 radical (unpaired) electrons. The van der Waals surface area contributed by atoms with E-state index in [4.69, 9.17) is 4.74 Å². The molecule has 27 heavy (non-hydrogen) atoms. The number of hydrogen-bond acceptors (Lipinski definition) is 5. The number of methoxy groups -OCH3 is 1. The van der Waals surface area contributed by atoms with Gasteiger partial charge in [-0.1, -0.05) is 31.2 Å². The number of carbonyl (C=O) groups is 1. The molecule has 0 spiro atoms. The predicted octanol–water partition coefficient (Wildman–Crippen LogP) is 4.35. The van der Waals surface area contributed by atoms with Crippen molar-refractivity contribution < 1.29 is 9.53 Å². The van der Waals surface area contributed by atoms with Crippen LogP contribution in [-0.2, 0) is 6.42 Å². The van der Waals surface area contributed by atoms with Crippen molar-refractivity contribution in [1.29, 1.82) is 0 Å². The Morgan fingerprint density at radius 1 is 1.07 bits per heavy atom. The van der Waals surface area contributed by atoms with Gasteiger partial charge in [-0.05, 0) is 42.7 Å². The summed E-state index contributed by atoms with van der Waals surface area (Å²) in [6.45, 7) is 4.04. The molecular formula is C21H22N4O2. The lowest BCUT2D eigenvalue weighted by atomic mass is 10.1. The fraction of sp³-hybridized carbons (Fsp3) is 0.190. The molecule has 0 aliphatic carbocycles. The Morgan fingerprint density at radius 2 is 1.89 bits per heavy atom. The molecule has 0 aliphatic heterocycles. The van der Waals surface area contributed by atoms with Crippen LogP contribution >= 0.6 is 0 Å². The quantitative estimate of drug-likeness (QED) is 0.682. The van der Waals surface area contributed by atoms with Gasteiger partial charge in [-0.3, -0.25) is 4.79 Å². The van der Waals surface area contributed by atoms with Gasteiger partial charge in [0.05, 0.1) is 12.8 Å². The highest BCUT2D eigenvalue weighted by molar-refractivity contribution is 6.04. The number of para-hydroxylation sites is 1. The first kappa shape index (κ1) is 18.4. The second kappa shape index (κ2) is 8.31. The molecule has 6 heteroatoms. The number of aryl methyl sites for hydroxylation is 2. The van der Waals surface area contributed by atoms with Crippen LogP contribution in [0.25, 0.3) is 0 Å². The highest BCUT2D eigenvalue weighted by Gasteiger charge is 2.13. The van der Waals surface area contributed by atoms with Gasteiger partial charge in [0, 0.05) is 11.8 Å². The van der Waals surface area contributed by atoms with Gasteiger partial charge < -0.3 is 15.4 Å². The topological polar surface area (TPSA) is 76.1 Å². The fourth-order valence-corrected chi connectivity index (χ4v) is 2.74. The summed E-state index contributed by atoms with van der Waals surface area (Å²) in [5.41, 5.74) is 4.03. The molecule has 0 unspecified atom stereocenters. The Kier molecular flexibility index (Phi) is 5.66. The van der Waals surface area contributed by atoms with E-state index in [1.54, 1.807) is 13.2 Å². The Labute approximate surface area is 158 Å². The number of aromatic nitrogens is 2. The van der Waals surface area contributed by atoms with Crippen LogP contribution in [0.15, 0.2) is 54.9 Å². The van der Waals surface area contributed by atoms with Crippen LogP contribution in [0.2, 0.25) is 0 Å². The zero-order chi connectivity index (χ0) is 19.2. The molecule has 1 aromatic heterocycles. The number of carbonyl (C=O) groups excluding carboxylic acids is 1. The summed E-state index contributed by atoms with van der Waals surface area (Å²) in [5.74, 6) is 0.832. The number of anilines is 3. The second-order valence-corrected chi connectivity index (χ2v) is 6.08. The lowest BCUT2D eigenvalue weighted by molar-refractivity contribution is 0.102. The third-order valence-corrected chi connectivity index (χ3v) is 4.16. The Hall–Kier alpha value is -3.41. The minimum absolute atomic E-state index is 0.269. The zero-order valence-electron chi connectivity index (χ0n) is 15.6. The smallest absolute Gasteiger partial charge is 0.274 e. The summed E-state index contributed by atoms with van der Waals surface area (Å²) in [4.78, 5) is 21.0. The lowest BCUT2D eigenvalue weighted by Crippen LogP contribution is -2.15. The molecule has 0 atom stereocenters. The molecule has 6 nitrogen and oxygen atoms in total. The van der Waals surface area contributed by atoms with Crippen LogP contribution in [0.3, 0.4) is 0 Å². The van der Waals surface area contributed by atoms with E-state index in [0.717, 1.165) is 17.7 Å². The van der Waals surface area contributed by atoms with Crippen molar-refractivity contribution in [2.24, 2.45) is 0 Å². The monoisotopic (exact) mass is 362 g/mol. The number of benzene rings is 2. The van der Waals surface area contributed by atoms with Crippen molar-refractivity contribution >= 4 is 23.1 Å². The van der Waals surface area contributed by atoms with E-state index in [-0.39, 0.29) is 11.6 Å². The molecular weight excluding hydrogens is 340 g/mol. The fourth-order valence-electron chi connectivity index (χ4n) is 2.74. The van der Waals surface area contributed by atoms with Gasteiger partial charge >= 0.3 is 0 Å². The molecule has 0 saturated carbocycles. The lowest BCUT2D eigenvalue weighted by Gasteiger charge is -2.12. The first-order chi connectivity index (χ1) is 13.1. The molecule has 1 heterocycles. The van der Waals surface area contributed by atoms with Crippen LogP contribution < -0.4 is 15.4 Å². The van der Waals surface area contributed by atoms with Crippen LogP contribution in [-0.4, -0.2) is 23.0 Å². The van der Waals surface area contributed by atoms with Crippen LogP contribution in [0, 0.1) is 6.92 Å². The molecule has 3 aromatic rings. The number of hydrogen-bond donors (Lipinski definition) is 2. The summed E-state index contributed by atoms with van der Waals surface area (Å²) in [6.07, 6.45) is 2.27. The molecule has 2 aromatic carbocycles. The Bertz CT molecular complexity index is 956. The van der Waals surface area contributed by atoms with Gasteiger partial charge in [0.2, 0.25) is 0 Å². The highest BCUT2D eigenvalue weighted by atomic mass is 16.5. The van der Waals surface area contributed by atoms with E-state index in [1.165, 1.54) is 11.9 Å². The van der Waals surface area contributed by atoms with Crippen molar-refractivity contribution in [1.82, 2.24) is 9.97 Å². The maximum Gasteiger partial charge on any atom is 0.274 e. The first-order valence-electron chi connectivity index (χ1n) is 8.73. The maximum atomic E-state index is 12.6. The number of ether oxygens (including phenoxy) is 1. The van der Waals surface area contributed by atoms with Crippen LogP contribution in [0.4, 0.5) is 17.2 Å². The molecule has 0 fully saturated rings. The van der Waals surface area contributed by atoms with Gasteiger partial charge in [-0.2, -0.15) is 0 Å². The van der Waals surface area contributed by atoms with Crippen molar-refractivity contribution in [2.75, 3.05) is 17.7 Å².